The first kappa shape index (κ1) is 20.0. The summed E-state index contributed by atoms with van der Waals surface area (Å²) < 4.78 is 5.80. The first-order valence-electron chi connectivity index (χ1n) is 9.27. The summed E-state index contributed by atoms with van der Waals surface area (Å²) in [6.07, 6.45) is 1.80. The minimum Gasteiger partial charge on any atom is -0.489 e. The molecule has 4 nitrogen and oxygen atoms in total. The molecular weight excluding hydrogens is 417 g/mol. The molecule has 0 saturated heterocycles. The lowest BCUT2D eigenvalue weighted by Crippen LogP contribution is -1.95. The second-order valence-electron chi connectivity index (χ2n) is 6.88. The van der Waals surface area contributed by atoms with Crippen LogP contribution in [0.25, 0.3) is 22.7 Å². The van der Waals surface area contributed by atoms with Crippen LogP contribution in [0.3, 0.4) is 0 Å². The predicted octanol–water partition coefficient (Wildman–Crippen LogP) is 6.82. The summed E-state index contributed by atoms with van der Waals surface area (Å²) >= 11 is 12.0. The summed E-state index contributed by atoms with van der Waals surface area (Å²) in [4.78, 5) is 7.74. The van der Waals surface area contributed by atoms with E-state index >= 15 is 0 Å². The van der Waals surface area contributed by atoms with Crippen LogP contribution in [-0.2, 0) is 6.61 Å². The number of aryl methyl sites for hydroxylation is 1. The largest absolute Gasteiger partial charge is 0.489 e. The van der Waals surface area contributed by atoms with Crippen molar-refractivity contribution < 1.29 is 4.74 Å². The highest BCUT2D eigenvalue weighted by Crippen LogP contribution is 2.24. The maximum absolute atomic E-state index is 9.60. The molecule has 0 spiro atoms. The van der Waals surface area contributed by atoms with Crippen LogP contribution >= 0.6 is 23.2 Å². The monoisotopic (exact) mass is 433 g/mol. The first-order chi connectivity index (χ1) is 14.5. The Balaban J connectivity index is 1.49. The molecule has 0 aliphatic rings. The number of aromatic amines is 1. The average Bonchev–Trinajstić information content (AvgIpc) is 3.16. The lowest BCUT2D eigenvalue weighted by atomic mass is 10.1. The number of hydrogen-bond acceptors (Lipinski definition) is 3. The summed E-state index contributed by atoms with van der Waals surface area (Å²) in [7, 11) is 0. The Morgan fingerprint density at radius 2 is 1.87 bits per heavy atom. The summed E-state index contributed by atoms with van der Waals surface area (Å²) in [5.41, 5.74) is 5.16. The quantitative estimate of drug-likeness (QED) is 0.351. The smallest absolute Gasteiger partial charge is 0.149 e. The molecule has 0 fully saturated rings. The maximum Gasteiger partial charge on any atom is 0.149 e. The summed E-state index contributed by atoms with van der Waals surface area (Å²) in [5, 5.41) is 10.6. The standard InChI is InChI=1S/C24H17Cl2N3O/c1-15-2-9-22-23(10-15)29-24(28-22)18(13-27)11-16-3-6-19(7-4-16)30-14-17-5-8-20(25)21(26)12-17/h2-12H,14H2,1H3,(H,28,29). The van der Waals surface area contributed by atoms with Gasteiger partial charge in [0.2, 0.25) is 0 Å². The van der Waals surface area contributed by atoms with Gasteiger partial charge in [0.05, 0.1) is 26.7 Å². The molecular formula is C24H17Cl2N3O. The number of imidazole rings is 1. The van der Waals surface area contributed by atoms with E-state index in [0.717, 1.165) is 33.5 Å². The van der Waals surface area contributed by atoms with E-state index in [2.05, 4.69) is 16.0 Å². The van der Waals surface area contributed by atoms with Gasteiger partial charge in [0.25, 0.3) is 0 Å². The molecule has 3 aromatic carbocycles. The molecule has 0 bridgehead atoms. The number of aromatic nitrogens is 2. The van der Waals surface area contributed by atoms with E-state index in [9.17, 15) is 5.26 Å². The van der Waals surface area contributed by atoms with Gasteiger partial charge in [0, 0.05) is 0 Å². The van der Waals surface area contributed by atoms with Crippen molar-refractivity contribution in [1.29, 1.82) is 5.26 Å². The molecule has 0 unspecified atom stereocenters. The fourth-order valence-corrected chi connectivity index (χ4v) is 3.35. The van der Waals surface area contributed by atoms with Crippen LogP contribution in [0.1, 0.15) is 22.5 Å². The Bertz CT molecular complexity index is 1280. The molecule has 1 N–H and O–H groups in total. The molecule has 0 saturated carbocycles. The summed E-state index contributed by atoms with van der Waals surface area (Å²) in [6, 6.07) is 21.1. The maximum atomic E-state index is 9.60. The number of ether oxygens (including phenoxy) is 1. The minimum atomic E-state index is 0.383. The Morgan fingerprint density at radius 3 is 2.60 bits per heavy atom. The summed E-state index contributed by atoms with van der Waals surface area (Å²) in [5.74, 6) is 1.27. The average molecular weight is 434 g/mol. The van der Waals surface area contributed by atoms with Gasteiger partial charge < -0.3 is 9.72 Å². The van der Waals surface area contributed by atoms with Gasteiger partial charge in [0.15, 0.2) is 0 Å². The van der Waals surface area contributed by atoms with Crippen molar-refractivity contribution >= 4 is 45.9 Å². The van der Waals surface area contributed by atoms with Crippen molar-refractivity contribution in [1.82, 2.24) is 9.97 Å². The van der Waals surface area contributed by atoms with Crippen LogP contribution in [0, 0.1) is 18.3 Å². The number of nitrogens with one attached hydrogen (secondary N) is 1. The highest BCUT2D eigenvalue weighted by atomic mass is 35.5. The molecule has 0 amide bonds. The van der Waals surface area contributed by atoms with Gasteiger partial charge in [-0.2, -0.15) is 5.26 Å². The van der Waals surface area contributed by atoms with Gasteiger partial charge in [-0.1, -0.05) is 47.5 Å². The van der Waals surface area contributed by atoms with Crippen molar-refractivity contribution in [2.24, 2.45) is 0 Å². The van der Waals surface area contributed by atoms with E-state index in [-0.39, 0.29) is 0 Å². The second-order valence-corrected chi connectivity index (χ2v) is 7.70. The van der Waals surface area contributed by atoms with Crippen LogP contribution < -0.4 is 4.74 Å². The van der Waals surface area contributed by atoms with E-state index < -0.39 is 0 Å². The first-order valence-corrected chi connectivity index (χ1v) is 10.0. The molecule has 30 heavy (non-hydrogen) atoms. The van der Waals surface area contributed by atoms with Gasteiger partial charge in [0.1, 0.15) is 24.3 Å². The number of halogens is 2. The van der Waals surface area contributed by atoms with Crippen LogP contribution in [0.2, 0.25) is 10.0 Å². The summed E-state index contributed by atoms with van der Waals surface area (Å²) in [6.45, 7) is 2.40. The highest BCUT2D eigenvalue weighted by molar-refractivity contribution is 6.42. The lowest BCUT2D eigenvalue weighted by molar-refractivity contribution is 0.306. The number of benzene rings is 3. The van der Waals surface area contributed by atoms with Crippen LogP contribution in [-0.4, -0.2) is 9.97 Å². The fraction of sp³-hybridized carbons (Fsp3) is 0.0833. The van der Waals surface area contributed by atoms with E-state index in [4.69, 9.17) is 27.9 Å². The molecule has 0 radical (unpaired) electrons. The molecule has 148 valence electrons. The molecule has 1 aromatic heterocycles. The molecule has 0 aliphatic heterocycles. The Kier molecular flexibility index (Phi) is 5.76. The zero-order valence-corrected chi connectivity index (χ0v) is 17.6. The number of hydrogen-bond donors (Lipinski definition) is 1. The molecule has 6 heteroatoms. The van der Waals surface area contributed by atoms with Crippen molar-refractivity contribution in [2.45, 2.75) is 13.5 Å². The van der Waals surface area contributed by atoms with E-state index in [1.54, 1.807) is 18.2 Å². The SMILES string of the molecule is Cc1ccc2nc(C(C#N)=Cc3ccc(OCc4ccc(Cl)c(Cl)c4)cc3)[nH]c2c1. The van der Waals surface area contributed by atoms with E-state index in [1.165, 1.54) is 0 Å². The third-order valence-corrected chi connectivity index (χ3v) is 5.33. The van der Waals surface area contributed by atoms with Crippen LogP contribution in [0.4, 0.5) is 0 Å². The van der Waals surface area contributed by atoms with Gasteiger partial charge in [-0.25, -0.2) is 4.98 Å². The Morgan fingerprint density at radius 1 is 1.07 bits per heavy atom. The zero-order chi connectivity index (χ0) is 21.1. The van der Waals surface area contributed by atoms with E-state index in [0.29, 0.717) is 28.0 Å². The van der Waals surface area contributed by atoms with E-state index in [1.807, 2.05) is 55.5 Å². The number of rotatable bonds is 5. The van der Waals surface area contributed by atoms with Crippen LogP contribution in [0.5, 0.6) is 5.75 Å². The zero-order valence-electron chi connectivity index (χ0n) is 16.1. The van der Waals surface area contributed by atoms with Crippen molar-refractivity contribution in [2.75, 3.05) is 0 Å². The molecule has 4 aromatic rings. The Hall–Kier alpha value is -3.26. The van der Waals surface area contributed by atoms with Crippen molar-refractivity contribution in [3.05, 3.63) is 93.2 Å². The van der Waals surface area contributed by atoms with Gasteiger partial charge in [-0.3, -0.25) is 0 Å². The topological polar surface area (TPSA) is 61.7 Å². The number of H-pyrrole nitrogens is 1. The van der Waals surface area contributed by atoms with Crippen LogP contribution in [0.15, 0.2) is 60.7 Å². The second kappa shape index (κ2) is 8.62. The third-order valence-electron chi connectivity index (χ3n) is 4.59. The van der Waals surface area contributed by atoms with Gasteiger partial charge in [-0.05, 0) is 66.1 Å². The molecule has 0 atom stereocenters. The van der Waals surface area contributed by atoms with Gasteiger partial charge in [-0.15, -0.1) is 0 Å². The number of allylic oxidation sites excluding steroid dienone is 1. The highest BCUT2D eigenvalue weighted by Gasteiger charge is 2.08. The predicted molar refractivity (Wildman–Crippen MR) is 122 cm³/mol. The number of nitriles is 1. The fourth-order valence-electron chi connectivity index (χ4n) is 3.03. The normalized spacial score (nSPS) is 11.5. The van der Waals surface area contributed by atoms with Crippen molar-refractivity contribution in [3.63, 3.8) is 0 Å². The molecule has 0 aliphatic carbocycles. The minimum absolute atomic E-state index is 0.383. The van der Waals surface area contributed by atoms with Gasteiger partial charge >= 0.3 is 0 Å². The van der Waals surface area contributed by atoms with Crippen molar-refractivity contribution in [3.8, 4) is 11.8 Å². The third kappa shape index (κ3) is 4.49. The number of fused-ring (bicyclic) bond motifs is 1. The Labute approximate surface area is 184 Å². The molecule has 4 rings (SSSR count). The lowest BCUT2D eigenvalue weighted by Gasteiger charge is -2.07. The number of nitrogens with zero attached hydrogens (tertiary/aromatic N) is 2. The molecule has 1 heterocycles.